The topological polar surface area (TPSA) is 81.7 Å². The van der Waals surface area contributed by atoms with Crippen molar-refractivity contribution in [1.82, 2.24) is 19.7 Å². The lowest BCUT2D eigenvalue weighted by atomic mass is 10.1. The van der Waals surface area contributed by atoms with Gasteiger partial charge in [0.05, 0.1) is 11.9 Å². The lowest BCUT2D eigenvalue weighted by Gasteiger charge is -2.08. The monoisotopic (exact) mass is 312 g/mol. The van der Waals surface area contributed by atoms with Crippen LogP contribution < -0.4 is 11.1 Å². The maximum absolute atomic E-state index is 12.9. The highest BCUT2D eigenvalue weighted by Gasteiger charge is 2.36. The third-order valence-electron chi connectivity index (χ3n) is 4.13. The van der Waals surface area contributed by atoms with Crippen molar-refractivity contribution in [2.45, 2.75) is 12.6 Å². The number of aryl methyl sites for hydroxylation is 1. The molecule has 0 aliphatic heterocycles. The van der Waals surface area contributed by atoms with Crippen LogP contribution in [0.2, 0.25) is 0 Å². The quantitative estimate of drug-likeness (QED) is 0.773. The second kappa shape index (κ2) is 5.19. The van der Waals surface area contributed by atoms with E-state index in [2.05, 4.69) is 20.4 Å². The lowest BCUT2D eigenvalue weighted by Crippen LogP contribution is -2.06. The van der Waals surface area contributed by atoms with E-state index in [9.17, 15) is 4.39 Å². The van der Waals surface area contributed by atoms with Crippen molar-refractivity contribution in [1.29, 1.82) is 0 Å². The largest absolute Gasteiger partial charge is 0.383 e. The van der Waals surface area contributed by atoms with Crippen LogP contribution in [-0.4, -0.2) is 32.5 Å². The molecular formula is C16H17FN6. The van der Waals surface area contributed by atoms with Crippen LogP contribution in [0, 0.1) is 5.92 Å². The predicted molar refractivity (Wildman–Crippen MR) is 87.6 cm³/mol. The number of alkyl halides is 1. The van der Waals surface area contributed by atoms with Crippen LogP contribution >= 0.6 is 0 Å². The number of nitrogens with two attached hydrogens (primary N) is 1. The molecule has 4 rings (SSSR count). The molecule has 0 aromatic carbocycles. The Morgan fingerprint density at radius 2 is 2.22 bits per heavy atom. The van der Waals surface area contributed by atoms with Crippen molar-refractivity contribution in [2.75, 3.05) is 17.6 Å². The summed E-state index contributed by atoms with van der Waals surface area (Å²) in [6.45, 7) is 0.607. The average molecular weight is 312 g/mol. The Bertz CT molecular complexity index is 874. The van der Waals surface area contributed by atoms with Gasteiger partial charge in [0.2, 0.25) is 0 Å². The van der Waals surface area contributed by atoms with Crippen LogP contribution in [0.5, 0.6) is 0 Å². The van der Waals surface area contributed by atoms with Gasteiger partial charge in [-0.25, -0.2) is 14.4 Å². The molecule has 2 atom stereocenters. The highest BCUT2D eigenvalue weighted by molar-refractivity contribution is 5.94. The maximum atomic E-state index is 12.9. The number of nitrogens with zero attached hydrogens (tertiary/aromatic N) is 4. The maximum Gasteiger partial charge on any atom is 0.133 e. The van der Waals surface area contributed by atoms with Gasteiger partial charge < -0.3 is 11.1 Å². The van der Waals surface area contributed by atoms with E-state index in [1.807, 2.05) is 25.4 Å². The fourth-order valence-corrected chi connectivity index (χ4v) is 2.63. The normalized spacial score (nSPS) is 19.9. The Balaban J connectivity index is 1.67. The van der Waals surface area contributed by atoms with Crippen LogP contribution in [0.3, 0.4) is 0 Å². The van der Waals surface area contributed by atoms with Crippen molar-refractivity contribution in [2.24, 2.45) is 13.0 Å². The number of nitrogen functional groups attached to an aromatic ring is 1. The van der Waals surface area contributed by atoms with Gasteiger partial charge in [0, 0.05) is 42.9 Å². The summed E-state index contributed by atoms with van der Waals surface area (Å²) in [7, 11) is 1.86. The molecule has 0 saturated heterocycles. The predicted octanol–water partition coefficient (Wildman–Crippen LogP) is 2.38. The number of pyridine rings is 2. The minimum atomic E-state index is -0.667. The summed E-state index contributed by atoms with van der Waals surface area (Å²) in [5.41, 5.74) is 7.73. The van der Waals surface area contributed by atoms with Gasteiger partial charge in [-0.15, -0.1) is 0 Å². The van der Waals surface area contributed by atoms with E-state index in [4.69, 9.17) is 5.73 Å². The summed E-state index contributed by atoms with van der Waals surface area (Å²) in [5.74, 6) is 1.27. The Morgan fingerprint density at radius 3 is 2.91 bits per heavy atom. The minimum absolute atomic E-state index is 0.112. The van der Waals surface area contributed by atoms with Gasteiger partial charge in [0.25, 0.3) is 0 Å². The molecule has 23 heavy (non-hydrogen) atoms. The van der Waals surface area contributed by atoms with Crippen LogP contribution in [0.15, 0.2) is 30.7 Å². The van der Waals surface area contributed by atoms with Crippen molar-refractivity contribution in [3.05, 3.63) is 30.7 Å². The number of aromatic nitrogens is 4. The van der Waals surface area contributed by atoms with E-state index in [1.54, 1.807) is 17.1 Å². The molecule has 1 aliphatic rings. The molecule has 118 valence electrons. The number of fused-ring (bicyclic) bond motifs is 1. The van der Waals surface area contributed by atoms with E-state index in [-0.39, 0.29) is 5.92 Å². The fraction of sp³-hybridized carbons (Fsp3) is 0.312. The zero-order valence-corrected chi connectivity index (χ0v) is 12.7. The van der Waals surface area contributed by atoms with Gasteiger partial charge in [-0.1, -0.05) is 0 Å². The third-order valence-corrected chi connectivity index (χ3v) is 4.13. The van der Waals surface area contributed by atoms with E-state index in [0.29, 0.717) is 18.8 Å². The first-order valence-electron chi connectivity index (χ1n) is 7.53. The molecule has 3 aromatic heterocycles. The molecular weight excluding hydrogens is 295 g/mol. The number of rotatable bonds is 4. The lowest BCUT2D eigenvalue weighted by molar-refractivity contribution is 0.450. The Kier molecular flexibility index (Phi) is 3.14. The molecule has 7 heteroatoms. The highest BCUT2D eigenvalue weighted by Crippen LogP contribution is 2.34. The zero-order valence-electron chi connectivity index (χ0n) is 12.7. The smallest absolute Gasteiger partial charge is 0.133 e. The Morgan fingerprint density at radius 1 is 1.39 bits per heavy atom. The van der Waals surface area contributed by atoms with Gasteiger partial charge in [0.15, 0.2) is 0 Å². The summed E-state index contributed by atoms with van der Waals surface area (Å²) < 4.78 is 14.7. The first-order valence-corrected chi connectivity index (χ1v) is 7.53. The van der Waals surface area contributed by atoms with Gasteiger partial charge in [-0.2, -0.15) is 5.10 Å². The van der Waals surface area contributed by atoms with Gasteiger partial charge in [-0.05, 0) is 23.9 Å². The first kappa shape index (κ1) is 13.9. The Hall–Kier alpha value is -2.70. The van der Waals surface area contributed by atoms with Crippen LogP contribution in [0.25, 0.3) is 22.0 Å². The molecule has 1 unspecified atom stereocenters. The number of anilines is 2. The first-order chi connectivity index (χ1) is 11.1. The zero-order chi connectivity index (χ0) is 16.0. The summed E-state index contributed by atoms with van der Waals surface area (Å²) >= 11 is 0. The molecule has 3 N–H and O–H groups in total. The molecule has 1 aliphatic carbocycles. The molecule has 0 spiro atoms. The molecule has 0 bridgehead atoms. The van der Waals surface area contributed by atoms with Crippen molar-refractivity contribution < 1.29 is 4.39 Å². The molecule has 1 saturated carbocycles. The molecule has 0 amide bonds. The standard InChI is InChI=1S/C16H17FN6/c1-23-8-11(6-21-23)14-3-9-4-15(19-5-10-2-13(10)17)20-7-12(9)16(18)22-14/h3-4,6-8,10,13H,2,5H2,1H3,(H2,18,22)(H,19,20)/t10?,13-/m0/s1. The van der Waals surface area contributed by atoms with E-state index < -0.39 is 6.17 Å². The fourth-order valence-electron chi connectivity index (χ4n) is 2.63. The van der Waals surface area contributed by atoms with Gasteiger partial charge in [-0.3, -0.25) is 4.68 Å². The molecule has 1 fully saturated rings. The van der Waals surface area contributed by atoms with E-state index >= 15 is 0 Å². The van der Waals surface area contributed by atoms with Crippen LogP contribution in [-0.2, 0) is 7.05 Å². The van der Waals surface area contributed by atoms with Crippen LogP contribution in [0.1, 0.15) is 6.42 Å². The summed E-state index contributed by atoms with van der Waals surface area (Å²) in [5, 5.41) is 9.09. The number of halogens is 1. The number of hydrogen-bond acceptors (Lipinski definition) is 5. The summed E-state index contributed by atoms with van der Waals surface area (Å²) in [4.78, 5) is 8.75. The van der Waals surface area contributed by atoms with Gasteiger partial charge >= 0.3 is 0 Å². The number of nitrogens with one attached hydrogen (secondary N) is 1. The molecule has 0 radical (unpaired) electrons. The van der Waals surface area contributed by atoms with E-state index in [0.717, 1.165) is 27.8 Å². The second-order valence-corrected chi connectivity index (χ2v) is 5.98. The summed E-state index contributed by atoms with van der Waals surface area (Å²) in [6.07, 6.45) is 5.32. The SMILES string of the molecule is Cn1cc(-c2cc3cc(NCC4C[C@@H]4F)ncc3c(N)n2)cn1. The van der Waals surface area contributed by atoms with Crippen LogP contribution in [0.4, 0.5) is 16.0 Å². The molecule has 6 nitrogen and oxygen atoms in total. The Labute approximate surface area is 132 Å². The van der Waals surface area contributed by atoms with Crippen molar-refractivity contribution >= 4 is 22.4 Å². The minimum Gasteiger partial charge on any atom is -0.383 e. The number of hydrogen-bond donors (Lipinski definition) is 2. The third kappa shape index (κ3) is 2.69. The second-order valence-electron chi connectivity index (χ2n) is 5.98. The molecule has 3 aromatic rings. The summed E-state index contributed by atoms with van der Waals surface area (Å²) in [6, 6.07) is 3.88. The van der Waals surface area contributed by atoms with Crippen molar-refractivity contribution in [3.63, 3.8) is 0 Å². The highest BCUT2D eigenvalue weighted by atomic mass is 19.1. The van der Waals surface area contributed by atoms with E-state index in [1.165, 1.54) is 0 Å². The van der Waals surface area contributed by atoms with Crippen molar-refractivity contribution in [3.8, 4) is 11.3 Å². The van der Waals surface area contributed by atoms with Gasteiger partial charge in [0.1, 0.15) is 17.8 Å². The average Bonchev–Trinajstić information content (AvgIpc) is 3.06. The molecule has 3 heterocycles.